The highest BCUT2D eigenvalue weighted by molar-refractivity contribution is 7.14. The number of benzene rings is 3. The summed E-state index contributed by atoms with van der Waals surface area (Å²) in [5.74, 6) is 0.0000414. The van der Waals surface area contributed by atoms with E-state index >= 15 is 0 Å². The molecule has 7 heteroatoms. The van der Waals surface area contributed by atoms with Crippen LogP contribution in [0.3, 0.4) is 0 Å². The van der Waals surface area contributed by atoms with Gasteiger partial charge in [-0.15, -0.1) is 11.3 Å². The third-order valence-electron chi connectivity index (χ3n) is 7.22. The summed E-state index contributed by atoms with van der Waals surface area (Å²) in [6.45, 7) is 4.67. The standard InChI is InChI=1S/C30H28N4O2S/c1-20-6-2-5-9-25(20)29(36)34-15-13-23-16-22(10-11-27(23)34)26-19-37-30(31-26)32-28(35)18-33-14-12-21-7-3-4-8-24(21)17-33/h2-11,16,19H,12-15,17-18H2,1H3,(H,31,32,35). The molecule has 0 saturated heterocycles. The normalized spacial score (nSPS) is 14.8. The zero-order valence-electron chi connectivity index (χ0n) is 20.7. The summed E-state index contributed by atoms with van der Waals surface area (Å²) in [6.07, 6.45) is 1.78. The Labute approximate surface area is 220 Å². The van der Waals surface area contributed by atoms with Crippen LogP contribution >= 0.6 is 11.3 Å². The summed E-state index contributed by atoms with van der Waals surface area (Å²) in [7, 11) is 0. The van der Waals surface area contributed by atoms with Crippen molar-refractivity contribution in [1.29, 1.82) is 0 Å². The number of carbonyl (C=O) groups excluding carboxylic acids is 2. The molecular weight excluding hydrogens is 480 g/mol. The molecule has 0 saturated carbocycles. The Hall–Kier alpha value is -3.81. The summed E-state index contributed by atoms with van der Waals surface area (Å²) in [5, 5.41) is 5.55. The molecule has 0 bridgehead atoms. The zero-order chi connectivity index (χ0) is 25.4. The van der Waals surface area contributed by atoms with Gasteiger partial charge in [-0.2, -0.15) is 0 Å². The Morgan fingerprint density at radius 1 is 0.946 bits per heavy atom. The Balaban J connectivity index is 1.11. The first-order valence-corrected chi connectivity index (χ1v) is 13.5. The monoisotopic (exact) mass is 508 g/mol. The molecule has 4 aromatic rings. The Bertz CT molecular complexity index is 1490. The van der Waals surface area contributed by atoms with Crippen LogP contribution < -0.4 is 10.2 Å². The van der Waals surface area contributed by atoms with Crippen LogP contribution in [0.2, 0.25) is 0 Å². The van der Waals surface area contributed by atoms with E-state index < -0.39 is 0 Å². The van der Waals surface area contributed by atoms with Crippen LogP contribution in [0.1, 0.15) is 32.6 Å². The molecule has 0 atom stereocenters. The van der Waals surface area contributed by atoms with Crippen molar-refractivity contribution in [3.63, 3.8) is 0 Å². The number of anilines is 2. The highest BCUT2D eigenvalue weighted by atomic mass is 32.1. The number of aromatic nitrogens is 1. The van der Waals surface area contributed by atoms with Crippen molar-refractivity contribution in [3.8, 4) is 11.3 Å². The summed E-state index contributed by atoms with van der Waals surface area (Å²) >= 11 is 1.43. The maximum atomic E-state index is 13.2. The molecule has 1 aromatic heterocycles. The molecular formula is C30H28N4O2S. The molecule has 6 nitrogen and oxygen atoms in total. The van der Waals surface area contributed by atoms with Crippen molar-refractivity contribution in [1.82, 2.24) is 9.88 Å². The van der Waals surface area contributed by atoms with Crippen molar-refractivity contribution in [2.45, 2.75) is 26.3 Å². The molecule has 0 aliphatic carbocycles. The highest BCUT2D eigenvalue weighted by Crippen LogP contribution is 2.34. The van der Waals surface area contributed by atoms with Crippen LogP contribution in [-0.2, 0) is 24.2 Å². The number of hydrogen-bond donors (Lipinski definition) is 1. The number of aryl methyl sites for hydroxylation is 1. The first-order chi connectivity index (χ1) is 18.0. The molecule has 1 N–H and O–H groups in total. The molecule has 37 heavy (non-hydrogen) atoms. The van der Waals surface area contributed by atoms with Gasteiger partial charge in [-0.1, -0.05) is 48.5 Å². The minimum absolute atomic E-state index is 0.0420. The lowest BCUT2D eigenvalue weighted by Crippen LogP contribution is -2.37. The lowest BCUT2D eigenvalue weighted by atomic mass is 10.00. The number of rotatable bonds is 5. The van der Waals surface area contributed by atoms with E-state index in [1.165, 1.54) is 22.5 Å². The molecule has 3 aromatic carbocycles. The lowest BCUT2D eigenvalue weighted by Gasteiger charge is -2.27. The van der Waals surface area contributed by atoms with Gasteiger partial charge in [0.05, 0.1) is 12.2 Å². The summed E-state index contributed by atoms with van der Waals surface area (Å²) in [6, 6.07) is 22.3. The van der Waals surface area contributed by atoms with E-state index in [0.717, 1.165) is 59.6 Å². The van der Waals surface area contributed by atoms with Crippen LogP contribution in [0.15, 0.2) is 72.1 Å². The van der Waals surface area contributed by atoms with Gasteiger partial charge in [0.25, 0.3) is 5.91 Å². The van der Waals surface area contributed by atoms with Crippen LogP contribution in [-0.4, -0.2) is 41.3 Å². The zero-order valence-corrected chi connectivity index (χ0v) is 21.6. The third-order valence-corrected chi connectivity index (χ3v) is 7.98. The van der Waals surface area contributed by atoms with E-state index in [0.29, 0.717) is 18.2 Å². The average molecular weight is 509 g/mol. The van der Waals surface area contributed by atoms with Gasteiger partial charge in [-0.05, 0) is 60.2 Å². The van der Waals surface area contributed by atoms with Crippen LogP contribution in [0.5, 0.6) is 0 Å². The quantitative estimate of drug-likeness (QED) is 0.396. The number of amides is 2. The smallest absolute Gasteiger partial charge is 0.258 e. The first-order valence-electron chi connectivity index (χ1n) is 12.6. The number of fused-ring (bicyclic) bond motifs is 2. The SMILES string of the molecule is Cc1ccccc1C(=O)N1CCc2cc(-c3csc(NC(=O)CN4CCc5ccccc5C4)n3)ccc21. The predicted molar refractivity (Wildman–Crippen MR) is 148 cm³/mol. The van der Waals surface area contributed by atoms with Crippen LogP contribution in [0, 0.1) is 6.92 Å². The number of nitrogens with one attached hydrogen (secondary N) is 1. The van der Waals surface area contributed by atoms with Crippen molar-refractivity contribution >= 4 is 34.0 Å². The fraction of sp³-hybridized carbons (Fsp3) is 0.233. The minimum Gasteiger partial charge on any atom is -0.308 e. The topological polar surface area (TPSA) is 65.5 Å². The molecule has 0 unspecified atom stereocenters. The van der Waals surface area contributed by atoms with Gasteiger partial charge in [0.1, 0.15) is 0 Å². The second-order valence-corrected chi connectivity index (χ2v) is 10.5. The highest BCUT2D eigenvalue weighted by Gasteiger charge is 2.27. The van der Waals surface area contributed by atoms with Crippen molar-refractivity contribution in [2.75, 3.05) is 29.9 Å². The summed E-state index contributed by atoms with van der Waals surface area (Å²) in [4.78, 5) is 34.6. The summed E-state index contributed by atoms with van der Waals surface area (Å²) < 4.78 is 0. The van der Waals surface area contributed by atoms with Gasteiger partial charge >= 0.3 is 0 Å². The molecule has 2 aliphatic rings. The van der Waals surface area contributed by atoms with Crippen LogP contribution in [0.4, 0.5) is 10.8 Å². The Morgan fingerprint density at radius 2 is 1.73 bits per heavy atom. The van der Waals surface area contributed by atoms with Crippen molar-refractivity contribution in [3.05, 3.63) is 99.9 Å². The lowest BCUT2D eigenvalue weighted by molar-refractivity contribution is -0.117. The fourth-order valence-corrected chi connectivity index (χ4v) is 5.98. The molecule has 0 spiro atoms. The van der Waals surface area contributed by atoms with Gasteiger partial charge in [-0.3, -0.25) is 14.5 Å². The molecule has 0 radical (unpaired) electrons. The maximum Gasteiger partial charge on any atom is 0.258 e. The maximum absolute atomic E-state index is 13.2. The minimum atomic E-state index is -0.0420. The average Bonchev–Trinajstić information content (AvgIpc) is 3.55. The van der Waals surface area contributed by atoms with E-state index in [9.17, 15) is 9.59 Å². The van der Waals surface area contributed by atoms with E-state index in [1.54, 1.807) is 0 Å². The third kappa shape index (κ3) is 4.80. The van der Waals surface area contributed by atoms with Gasteiger partial charge in [0, 0.05) is 41.8 Å². The molecule has 6 rings (SSSR count). The van der Waals surface area contributed by atoms with E-state index in [-0.39, 0.29) is 11.8 Å². The molecule has 0 fully saturated rings. The molecule has 2 amide bonds. The number of carbonyl (C=O) groups is 2. The fourth-order valence-electron chi connectivity index (χ4n) is 5.25. The van der Waals surface area contributed by atoms with Gasteiger partial charge < -0.3 is 10.2 Å². The molecule has 3 heterocycles. The van der Waals surface area contributed by atoms with Gasteiger partial charge in [0.2, 0.25) is 5.91 Å². The number of nitrogens with zero attached hydrogens (tertiary/aromatic N) is 3. The first kappa shape index (κ1) is 23.6. The molecule has 186 valence electrons. The largest absolute Gasteiger partial charge is 0.308 e. The van der Waals surface area contributed by atoms with Crippen molar-refractivity contribution < 1.29 is 9.59 Å². The Morgan fingerprint density at radius 3 is 2.59 bits per heavy atom. The van der Waals surface area contributed by atoms with E-state index in [2.05, 4.69) is 45.5 Å². The number of thiazole rings is 1. The molecule has 2 aliphatic heterocycles. The predicted octanol–water partition coefficient (Wildman–Crippen LogP) is 5.32. The van der Waals surface area contributed by atoms with Gasteiger partial charge in [-0.25, -0.2) is 4.98 Å². The van der Waals surface area contributed by atoms with Gasteiger partial charge in [0.15, 0.2) is 5.13 Å². The van der Waals surface area contributed by atoms with E-state index in [4.69, 9.17) is 0 Å². The van der Waals surface area contributed by atoms with E-state index in [1.807, 2.05) is 53.6 Å². The number of hydrogen-bond acceptors (Lipinski definition) is 5. The Kier molecular flexibility index (Phi) is 6.32. The second-order valence-electron chi connectivity index (χ2n) is 9.68. The van der Waals surface area contributed by atoms with Crippen LogP contribution in [0.25, 0.3) is 11.3 Å². The summed E-state index contributed by atoms with van der Waals surface area (Å²) in [5.41, 5.74) is 8.33. The second kappa shape index (κ2) is 9.92. The van der Waals surface area contributed by atoms with Crippen molar-refractivity contribution in [2.24, 2.45) is 0 Å².